The zero-order valence-electron chi connectivity index (χ0n) is 11.5. The molecular formula is C17H16BrFO. The number of carbonyl (C=O) groups excluding carboxylic acids is 1. The van der Waals surface area contributed by atoms with Crippen LogP contribution in [0, 0.1) is 5.82 Å². The lowest BCUT2D eigenvalue weighted by molar-refractivity contribution is -0.122. The number of carbonyl (C=O) groups is 1. The van der Waals surface area contributed by atoms with Crippen molar-refractivity contribution in [3.63, 3.8) is 0 Å². The number of rotatable bonds is 4. The fourth-order valence-electron chi connectivity index (χ4n) is 2.08. The molecule has 0 bridgehead atoms. The second-order valence-electron chi connectivity index (χ2n) is 5.36. The maximum Gasteiger partial charge on any atom is 0.147 e. The number of benzene rings is 2. The zero-order chi connectivity index (χ0) is 14.8. The Labute approximate surface area is 127 Å². The first kappa shape index (κ1) is 14.9. The zero-order valence-corrected chi connectivity index (χ0v) is 13.1. The van der Waals surface area contributed by atoms with Crippen molar-refractivity contribution in [1.82, 2.24) is 0 Å². The van der Waals surface area contributed by atoms with Gasteiger partial charge in [-0.1, -0.05) is 40.2 Å². The van der Waals surface area contributed by atoms with Crippen LogP contribution < -0.4 is 0 Å². The second-order valence-corrected chi connectivity index (χ2v) is 6.28. The Bertz CT molecular complexity index is 617. The maximum absolute atomic E-state index is 13.0. The largest absolute Gasteiger partial charge is 0.298 e. The predicted octanol–water partition coefficient (Wildman–Crippen LogP) is 4.68. The molecule has 104 valence electrons. The molecule has 1 nitrogen and oxygen atoms in total. The Balaban J connectivity index is 2.21. The lowest BCUT2D eigenvalue weighted by Crippen LogP contribution is -2.30. The van der Waals surface area contributed by atoms with Crippen molar-refractivity contribution in [3.8, 4) is 0 Å². The number of halogens is 2. The predicted molar refractivity (Wildman–Crippen MR) is 82.3 cm³/mol. The molecule has 20 heavy (non-hydrogen) atoms. The molecule has 0 amide bonds. The molecule has 0 unspecified atom stereocenters. The summed E-state index contributed by atoms with van der Waals surface area (Å²) in [6.07, 6.45) is 0.365. The highest BCUT2D eigenvalue weighted by molar-refractivity contribution is 9.10. The van der Waals surface area contributed by atoms with Gasteiger partial charge >= 0.3 is 0 Å². The molecule has 0 aliphatic heterocycles. The van der Waals surface area contributed by atoms with Crippen molar-refractivity contribution < 1.29 is 9.18 Å². The monoisotopic (exact) mass is 334 g/mol. The summed E-state index contributed by atoms with van der Waals surface area (Å²) >= 11 is 3.40. The lowest BCUT2D eigenvalue weighted by atomic mass is 9.78. The van der Waals surface area contributed by atoms with Crippen LogP contribution in [0.2, 0.25) is 0 Å². The molecule has 0 heterocycles. The molecule has 0 N–H and O–H groups in total. The van der Waals surface area contributed by atoms with Crippen LogP contribution in [0.4, 0.5) is 4.39 Å². The average molecular weight is 335 g/mol. The standard InChI is InChI=1S/C17H16BrFO/c1-17(2,13-6-8-15(19)9-7-13)16(20)11-12-4-3-5-14(18)10-12/h3-10H,11H2,1-2H3. The van der Waals surface area contributed by atoms with Crippen molar-refractivity contribution >= 4 is 21.7 Å². The molecule has 2 aromatic carbocycles. The smallest absolute Gasteiger partial charge is 0.147 e. The van der Waals surface area contributed by atoms with Crippen molar-refractivity contribution in [2.24, 2.45) is 0 Å². The van der Waals surface area contributed by atoms with Crippen LogP contribution >= 0.6 is 15.9 Å². The number of hydrogen-bond donors (Lipinski definition) is 0. The summed E-state index contributed by atoms with van der Waals surface area (Å²) in [4.78, 5) is 12.5. The summed E-state index contributed by atoms with van der Waals surface area (Å²) in [6.45, 7) is 3.75. The average Bonchev–Trinajstić information content (AvgIpc) is 2.39. The molecule has 0 spiro atoms. The van der Waals surface area contributed by atoms with Gasteiger partial charge < -0.3 is 0 Å². The molecular weight excluding hydrogens is 319 g/mol. The summed E-state index contributed by atoms with van der Waals surface area (Å²) < 4.78 is 13.9. The van der Waals surface area contributed by atoms with Gasteiger partial charge in [-0.05, 0) is 49.2 Å². The van der Waals surface area contributed by atoms with E-state index in [1.807, 2.05) is 38.1 Å². The van der Waals surface area contributed by atoms with Crippen molar-refractivity contribution in [3.05, 3.63) is 69.9 Å². The van der Waals surface area contributed by atoms with E-state index < -0.39 is 5.41 Å². The quantitative estimate of drug-likeness (QED) is 0.793. The maximum atomic E-state index is 13.0. The Morgan fingerprint density at radius 1 is 1.15 bits per heavy atom. The minimum atomic E-state index is -0.629. The Kier molecular flexibility index (Phi) is 4.39. The molecule has 0 aliphatic rings. The van der Waals surface area contributed by atoms with Crippen molar-refractivity contribution in [2.45, 2.75) is 25.7 Å². The van der Waals surface area contributed by atoms with Crippen LogP contribution in [0.3, 0.4) is 0 Å². The topological polar surface area (TPSA) is 17.1 Å². The molecule has 0 fully saturated rings. The number of Topliss-reactive ketones (excluding diaryl/α,β-unsaturated/α-hetero) is 1. The van der Waals surface area contributed by atoms with Gasteiger partial charge in [0.05, 0.1) is 0 Å². The van der Waals surface area contributed by atoms with Gasteiger partial charge in [-0.15, -0.1) is 0 Å². The molecule has 0 aliphatic carbocycles. The fourth-order valence-corrected chi connectivity index (χ4v) is 2.53. The molecule has 0 saturated heterocycles. The van der Waals surface area contributed by atoms with Gasteiger partial charge in [0.15, 0.2) is 0 Å². The van der Waals surface area contributed by atoms with Gasteiger partial charge in [-0.2, -0.15) is 0 Å². The molecule has 2 rings (SSSR count). The SMILES string of the molecule is CC(C)(C(=O)Cc1cccc(Br)c1)c1ccc(F)cc1. The third-order valence-electron chi connectivity index (χ3n) is 3.52. The van der Waals surface area contributed by atoms with Gasteiger partial charge in [0, 0.05) is 16.3 Å². The van der Waals surface area contributed by atoms with E-state index in [0.29, 0.717) is 6.42 Å². The Morgan fingerprint density at radius 3 is 2.40 bits per heavy atom. The minimum Gasteiger partial charge on any atom is -0.298 e. The van der Waals surface area contributed by atoms with Crippen LogP contribution in [0.1, 0.15) is 25.0 Å². The summed E-state index contributed by atoms with van der Waals surface area (Å²) in [5.41, 5.74) is 1.18. The van der Waals surface area contributed by atoms with Crippen LogP contribution in [0.5, 0.6) is 0 Å². The van der Waals surface area contributed by atoms with Gasteiger partial charge in [0.25, 0.3) is 0 Å². The summed E-state index contributed by atoms with van der Waals surface area (Å²) in [6, 6.07) is 13.9. The van der Waals surface area contributed by atoms with E-state index in [9.17, 15) is 9.18 Å². The van der Waals surface area contributed by atoms with Crippen molar-refractivity contribution in [2.75, 3.05) is 0 Å². The van der Waals surface area contributed by atoms with Crippen LogP contribution in [-0.4, -0.2) is 5.78 Å². The summed E-state index contributed by atoms with van der Waals surface area (Å²) in [7, 11) is 0. The first-order valence-corrected chi connectivity index (χ1v) is 7.22. The second kappa shape index (κ2) is 5.88. The first-order chi connectivity index (χ1) is 9.39. The Hall–Kier alpha value is -1.48. The summed E-state index contributed by atoms with van der Waals surface area (Å²) in [5.74, 6) is -0.175. The highest BCUT2D eigenvalue weighted by Gasteiger charge is 2.29. The van der Waals surface area contributed by atoms with E-state index in [0.717, 1.165) is 15.6 Å². The minimum absolute atomic E-state index is 0.113. The van der Waals surface area contributed by atoms with E-state index in [1.165, 1.54) is 12.1 Å². The van der Waals surface area contributed by atoms with Crippen LogP contribution in [0.15, 0.2) is 53.0 Å². The Morgan fingerprint density at radius 2 is 1.80 bits per heavy atom. The van der Waals surface area contributed by atoms with Crippen molar-refractivity contribution in [1.29, 1.82) is 0 Å². The molecule has 3 heteroatoms. The van der Waals surface area contributed by atoms with E-state index in [1.54, 1.807) is 12.1 Å². The van der Waals surface area contributed by atoms with Crippen LogP contribution in [0.25, 0.3) is 0 Å². The van der Waals surface area contributed by atoms with E-state index >= 15 is 0 Å². The number of hydrogen-bond acceptors (Lipinski definition) is 1. The van der Waals surface area contributed by atoms with Gasteiger partial charge in [0.1, 0.15) is 11.6 Å². The molecule has 0 saturated carbocycles. The van der Waals surface area contributed by atoms with Crippen LogP contribution in [-0.2, 0) is 16.6 Å². The third-order valence-corrected chi connectivity index (χ3v) is 4.01. The highest BCUT2D eigenvalue weighted by atomic mass is 79.9. The first-order valence-electron chi connectivity index (χ1n) is 6.43. The number of ketones is 1. The van der Waals surface area contributed by atoms with Gasteiger partial charge in [0.2, 0.25) is 0 Å². The molecule has 2 aromatic rings. The lowest BCUT2D eigenvalue weighted by Gasteiger charge is -2.24. The summed E-state index contributed by atoms with van der Waals surface area (Å²) in [5, 5.41) is 0. The van der Waals surface area contributed by atoms with E-state index in [4.69, 9.17) is 0 Å². The van der Waals surface area contributed by atoms with Gasteiger partial charge in [-0.25, -0.2) is 4.39 Å². The molecule has 0 radical (unpaired) electrons. The molecule has 0 atom stereocenters. The van der Waals surface area contributed by atoms with E-state index in [-0.39, 0.29) is 11.6 Å². The third kappa shape index (κ3) is 3.34. The molecule has 0 aromatic heterocycles. The van der Waals surface area contributed by atoms with Gasteiger partial charge in [-0.3, -0.25) is 4.79 Å². The highest BCUT2D eigenvalue weighted by Crippen LogP contribution is 2.26. The fraction of sp³-hybridized carbons (Fsp3) is 0.235. The van der Waals surface area contributed by atoms with E-state index in [2.05, 4.69) is 15.9 Å². The normalized spacial score (nSPS) is 11.4.